The number of Topliss-reactive ketones (excluding diaryl/α,β-unsaturated/α-hetero) is 1. The fourth-order valence-electron chi connectivity index (χ4n) is 4.19. The minimum atomic E-state index is -1.93. The number of carbonyl (C=O) groups excluding carboxylic acids is 2. The van der Waals surface area contributed by atoms with Crippen LogP contribution in [0, 0.1) is 0 Å². The van der Waals surface area contributed by atoms with Gasteiger partial charge in [0.25, 0.3) is 5.91 Å². The van der Waals surface area contributed by atoms with Gasteiger partial charge in [-0.1, -0.05) is 60.7 Å². The molecular formula is C25H19NO4. The van der Waals surface area contributed by atoms with Crippen LogP contribution in [0.1, 0.15) is 28.1 Å². The molecule has 5 rings (SSSR count). The molecule has 3 aromatic carbocycles. The molecule has 1 atom stereocenters. The van der Waals surface area contributed by atoms with Crippen LogP contribution in [-0.2, 0) is 16.9 Å². The first-order valence-corrected chi connectivity index (χ1v) is 9.75. The van der Waals surface area contributed by atoms with E-state index in [9.17, 15) is 14.7 Å². The van der Waals surface area contributed by atoms with E-state index in [1.165, 1.54) is 12.3 Å². The highest BCUT2D eigenvalue weighted by Gasteiger charge is 2.51. The van der Waals surface area contributed by atoms with Gasteiger partial charge in [-0.15, -0.1) is 0 Å². The summed E-state index contributed by atoms with van der Waals surface area (Å²) in [6.07, 6.45) is 1.02. The molecule has 1 amide bonds. The zero-order valence-corrected chi connectivity index (χ0v) is 16.1. The molecule has 148 valence electrons. The molecule has 2 heterocycles. The van der Waals surface area contributed by atoms with E-state index in [2.05, 4.69) is 0 Å². The van der Waals surface area contributed by atoms with E-state index in [1.807, 2.05) is 48.5 Å². The molecule has 1 aromatic heterocycles. The van der Waals surface area contributed by atoms with Crippen LogP contribution in [0.2, 0.25) is 0 Å². The lowest BCUT2D eigenvalue weighted by Gasteiger charge is -2.23. The summed E-state index contributed by atoms with van der Waals surface area (Å²) in [4.78, 5) is 27.6. The summed E-state index contributed by atoms with van der Waals surface area (Å²) in [7, 11) is 0. The predicted molar refractivity (Wildman–Crippen MR) is 113 cm³/mol. The summed E-state index contributed by atoms with van der Waals surface area (Å²) < 4.78 is 5.16. The van der Waals surface area contributed by atoms with Crippen molar-refractivity contribution < 1.29 is 19.1 Å². The Labute approximate surface area is 173 Å². The molecule has 1 N–H and O–H groups in total. The second-order valence-corrected chi connectivity index (χ2v) is 7.48. The molecule has 0 radical (unpaired) electrons. The Balaban J connectivity index is 1.54. The van der Waals surface area contributed by atoms with Gasteiger partial charge in [-0.05, 0) is 34.5 Å². The largest absolute Gasteiger partial charge is 0.461 e. The highest BCUT2D eigenvalue weighted by molar-refractivity contribution is 6.10. The zero-order chi connectivity index (χ0) is 20.7. The summed E-state index contributed by atoms with van der Waals surface area (Å²) in [5.41, 5.74) is 0.101. The van der Waals surface area contributed by atoms with Crippen LogP contribution in [0.5, 0.6) is 0 Å². The molecule has 0 saturated heterocycles. The molecule has 0 fully saturated rings. The smallest absolute Gasteiger partial charge is 0.264 e. The van der Waals surface area contributed by atoms with Crippen molar-refractivity contribution in [3.8, 4) is 0 Å². The van der Waals surface area contributed by atoms with E-state index in [0.29, 0.717) is 17.8 Å². The van der Waals surface area contributed by atoms with Gasteiger partial charge in [0, 0.05) is 5.56 Å². The van der Waals surface area contributed by atoms with Gasteiger partial charge in [-0.3, -0.25) is 9.59 Å². The van der Waals surface area contributed by atoms with Gasteiger partial charge in [0.15, 0.2) is 11.4 Å². The maximum absolute atomic E-state index is 13.4. The van der Waals surface area contributed by atoms with Gasteiger partial charge < -0.3 is 14.4 Å². The molecule has 0 saturated carbocycles. The summed E-state index contributed by atoms with van der Waals surface area (Å²) in [6.45, 7) is 0.300. The van der Waals surface area contributed by atoms with Gasteiger partial charge in [-0.2, -0.15) is 0 Å². The Kier molecular flexibility index (Phi) is 4.26. The third kappa shape index (κ3) is 2.83. The van der Waals surface area contributed by atoms with E-state index in [0.717, 1.165) is 16.3 Å². The quantitative estimate of drug-likeness (QED) is 0.506. The lowest BCUT2D eigenvalue weighted by Crippen LogP contribution is -2.41. The average molecular weight is 397 g/mol. The molecule has 0 unspecified atom stereocenters. The minimum Gasteiger partial charge on any atom is -0.461 e. The van der Waals surface area contributed by atoms with Crippen LogP contribution in [0.25, 0.3) is 10.8 Å². The lowest BCUT2D eigenvalue weighted by atomic mass is 9.89. The molecule has 0 spiro atoms. The van der Waals surface area contributed by atoms with Crippen LogP contribution in [-0.4, -0.2) is 16.8 Å². The number of ketones is 1. The molecule has 0 aliphatic carbocycles. The van der Waals surface area contributed by atoms with Gasteiger partial charge >= 0.3 is 0 Å². The number of anilines is 1. The molecule has 5 heteroatoms. The first-order valence-electron chi connectivity index (χ1n) is 9.75. The zero-order valence-electron chi connectivity index (χ0n) is 16.1. The third-order valence-corrected chi connectivity index (χ3v) is 5.66. The number of hydrogen-bond donors (Lipinski definition) is 1. The number of amides is 1. The Morgan fingerprint density at radius 3 is 2.53 bits per heavy atom. The number of nitrogens with zero attached hydrogens (tertiary/aromatic N) is 1. The number of aliphatic hydroxyl groups is 1. The fraction of sp³-hybridized carbons (Fsp3) is 0.120. The van der Waals surface area contributed by atoms with Crippen LogP contribution < -0.4 is 4.90 Å². The number of rotatable bonds is 5. The highest BCUT2D eigenvalue weighted by Crippen LogP contribution is 2.43. The topological polar surface area (TPSA) is 70.8 Å². The van der Waals surface area contributed by atoms with E-state index >= 15 is 0 Å². The van der Waals surface area contributed by atoms with Crippen LogP contribution in [0.3, 0.4) is 0 Å². The highest BCUT2D eigenvalue weighted by atomic mass is 16.3. The Bertz CT molecular complexity index is 1260. The van der Waals surface area contributed by atoms with Gasteiger partial charge in [-0.25, -0.2) is 0 Å². The van der Waals surface area contributed by atoms with Crippen molar-refractivity contribution in [3.05, 3.63) is 102 Å². The normalized spacial score (nSPS) is 18.0. The Morgan fingerprint density at radius 2 is 1.70 bits per heavy atom. The van der Waals surface area contributed by atoms with E-state index in [-0.39, 0.29) is 12.2 Å². The van der Waals surface area contributed by atoms with Crippen molar-refractivity contribution >= 4 is 28.2 Å². The van der Waals surface area contributed by atoms with Crippen molar-refractivity contribution in [2.24, 2.45) is 0 Å². The van der Waals surface area contributed by atoms with Crippen molar-refractivity contribution in [2.75, 3.05) is 4.90 Å². The van der Waals surface area contributed by atoms with Crippen molar-refractivity contribution in [1.82, 2.24) is 0 Å². The Morgan fingerprint density at radius 1 is 0.933 bits per heavy atom. The van der Waals surface area contributed by atoms with E-state index in [4.69, 9.17) is 4.42 Å². The summed E-state index contributed by atoms with van der Waals surface area (Å²) in [6, 6.07) is 24.2. The predicted octanol–water partition coefficient (Wildman–Crippen LogP) is 4.44. The summed E-state index contributed by atoms with van der Waals surface area (Å²) in [5.74, 6) is -0.796. The maximum atomic E-state index is 13.4. The maximum Gasteiger partial charge on any atom is 0.264 e. The number of fused-ring (bicyclic) bond motifs is 2. The number of para-hydroxylation sites is 1. The third-order valence-electron chi connectivity index (χ3n) is 5.66. The molecule has 4 aromatic rings. The standard InChI is InChI=1S/C25H19NO4/c27-22(23-13-6-14-30-23)15-25(29)20-11-3-4-12-21(20)26(24(25)28)16-18-9-5-8-17-7-1-2-10-19(17)18/h1-14,29H,15-16H2/t25-/m0/s1. The van der Waals surface area contributed by atoms with Crippen molar-refractivity contribution in [2.45, 2.75) is 18.6 Å². The van der Waals surface area contributed by atoms with E-state index < -0.39 is 17.3 Å². The van der Waals surface area contributed by atoms with Crippen LogP contribution >= 0.6 is 0 Å². The molecule has 5 nitrogen and oxygen atoms in total. The monoisotopic (exact) mass is 397 g/mol. The number of benzene rings is 3. The van der Waals surface area contributed by atoms with Gasteiger partial charge in [0.2, 0.25) is 5.78 Å². The molecule has 1 aliphatic heterocycles. The first kappa shape index (κ1) is 18.3. The van der Waals surface area contributed by atoms with Crippen LogP contribution in [0.15, 0.2) is 89.5 Å². The minimum absolute atomic E-state index is 0.126. The van der Waals surface area contributed by atoms with Crippen molar-refractivity contribution in [1.29, 1.82) is 0 Å². The lowest BCUT2D eigenvalue weighted by molar-refractivity contribution is -0.136. The fourth-order valence-corrected chi connectivity index (χ4v) is 4.19. The van der Waals surface area contributed by atoms with E-state index in [1.54, 1.807) is 29.2 Å². The number of hydrogen-bond acceptors (Lipinski definition) is 4. The van der Waals surface area contributed by atoms with Crippen LogP contribution in [0.4, 0.5) is 5.69 Å². The van der Waals surface area contributed by atoms with Crippen molar-refractivity contribution in [3.63, 3.8) is 0 Å². The number of carbonyl (C=O) groups is 2. The SMILES string of the molecule is O=C(C[C@@]1(O)C(=O)N(Cc2cccc3ccccc23)c2ccccc21)c1ccco1. The molecule has 1 aliphatic rings. The summed E-state index contributed by atoms with van der Waals surface area (Å²) in [5, 5.41) is 13.5. The Hall–Kier alpha value is -3.70. The average Bonchev–Trinajstić information content (AvgIpc) is 3.38. The molecular weight excluding hydrogens is 378 g/mol. The van der Waals surface area contributed by atoms with Gasteiger partial charge in [0.1, 0.15) is 0 Å². The molecule has 0 bridgehead atoms. The second-order valence-electron chi connectivity index (χ2n) is 7.48. The number of furan rings is 1. The molecule has 30 heavy (non-hydrogen) atoms. The van der Waals surface area contributed by atoms with Gasteiger partial charge in [0.05, 0.1) is 24.9 Å². The first-order chi connectivity index (χ1) is 14.6. The second kappa shape index (κ2) is 6.97. The summed E-state index contributed by atoms with van der Waals surface area (Å²) >= 11 is 0.